The van der Waals surface area contributed by atoms with Gasteiger partial charge in [-0.3, -0.25) is 4.90 Å². The molecule has 1 heterocycles. The van der Waals surface area contributed by atoms with Crippen LogP contribution in [0.1, 0.15) is 12.6 Å². The zero-order valence-corrected chi connectivity index (χ0v) is 9.87. The Labute approximate surface area is 95.2 Å². The molecule has 0 N–H and O–H groups in total. The molecule has 0 aromatic carbocycles. The minimum Gasteiger partial charge on any atom is -0.383 e. The van der Waals surface area contributed by atoms with Gasteiger partial charge in [-0.15, -0.1) is 5.10 Å². The fraction of sp³-hybridized carbons (Fsp3) is 0.600. The van der Waals surface area contributed by atoms with E-state index in [4.69, 9.17) is 16.3 Å². The Hall–Kier alpha value is -0.710. The van der Waals surface area contributed by atoms with E-state index < -0.39 is 0 Å². The first-order chi connectivity index (χ1) is 7.26. The van der Waals surface area contributed by atoms with Crippen LogP contribution in [0.3, 0.4) is 0 Å². The zero-order valence-electron chi connectivity index (χ0n) is 9.11. The van der Waals surface area contributed by atoms with Gasteiger partial charge in [0.05, 0.1) is 12.3 Å². The fourth-order valence-electron chi connectivity index (χ4n) is 1.23. The first kappa shape index (κ1) is 12.4. The number of halogens is 1. The van der Waals surface area contributed by atoms with Crippen molar-refractivity contribution in [2.45, 2.75) is 13.5 Å². The number of nitrogens with zero attached hydrogens (tertiary/aromatic N) is 3. The summed E-state index contributed by atoms with van der Waals surface area (Å²) in [5, 5.41) is 8.24. The largest absolute Gasteiger partial charge is 0.383 e. The topological polar surface area (TPSA) is 38.2 Å². The lowest BCUT2D eigenvalue weighted by molar-refractivity contribution is 0.146. The van der Waals surface area contributed by atoms with Crippen molar-refractivity contribution in [1.29, 1.82) is 0 Å². The Kier molecular flexibility index (Phi) is 5.53. The molecule has 0 aliphatic rings. The maximum atomic E-state index is 5.66. The normalized spacial score (nSPS) is 10.9. The van der Waals surface area contributed by atoms with Gasteiger partial charge in [0.1, 0.15) is 0 Å². The predicted molar refractivity (Wildman–Crippen MR) is 59.9 cm³/mol. The predicted octanol–water partition coefficient (Wildman–Crippen LogP) is 1.60. The van der Waals surface area contributed by atoms with Crippen LogP contribution in [0.5, 0.6) is 0 Å². The standard InChI is InChI=1S/C10H16ClN3O/c1-3-14(6-7-15-2)8-9-4-5-10(11)13-12-9/h4-5H,3,6-8H2,1-2H3. The van der Waals surface area contributed by atoms with Crippen LogP contribution in [0.15, 0.2) is 12.1 Å². The summed E-state index contributed by atoms with van der Waals surface area (Å²) in [4.78, 5) is 2.24. The van der Waals surface area contributed by atoms with Crippen molar-refractivity contribution in [3.8, 4) is 0 Å². The third-order valence-electron chi connectivity index (χ3n) is 2.13. The number of aromatic nitrogens is 2. The van der Waals surface area contributed by atoms with E-state index in [1.165, 1.54) is 0 Å². The van der Waals surface area contributed by atoms with Gasteiger partial charge in [-0.2, -0.15) is 5.10 Å². The minimum absolute atomic E-state index is 0.429. The van der Waals surface area contributed by atoms with Gasteiger partial charge in [0.25, 0.3) is 0 Å². The Balaban J connectivity index is 2.47. The number of hydrogen-bond donors (Lipinski definition) is 0. The average Bonchev–Trinajstić information content (AvgIpc) is 2.27. The van der Waals surface area contributed by atoms with E-state index in [1.54, 1.807) is 13.2 Å². The molecular formula is C10H16ClN3O. The molecule has 0 bridgehead atoms. The van der Waals surface area contributed by atoms with Crippen LogP contribution in [0.4, 0.5) is 0 Å². The van der Waals surface area contributed by atoms with Gasteiger partial charge in [0.15, 0.2) is 5.15 Å². The summed E-state index contributed by atoms with van der Waals surface area (Å²) in [7, 11) is 1.70. The molecule has 0 atom stereocenters. The molecule has 5 heteroatoms. The second kappa shape index (κ2) is 6.71. The third-order valence-corrected chi connectivity index (χ3v) is 2.33. The maximum Gasteiger partial charge on any atom is 0.151 e. The fourth-order valence-corrected chi connectivity index (χ4v) is 1.33. The molecule has 0 aliphatic heterocycles. The van der Waals surface area contributed by atoms with Gasteiger partial charge < -0.3 is 4.74 Å². The Morgan fingerprint density at radius 1 is 1.40 bits per heavy atom. The highest BCUT2D eigenvalue weighted by atomic mass is 35.5. The van der Waals surface area contributed by atoms with E-state index in [9.17, 15) is 0 Å². The molecule has 15 heavy (non-hydrogen) atoms. The van der Waals surface area contributed by atoms with E-state index in [2.05, 4.69) is 22.0 Å². The zero-order chi connectivity index (χ0) is 11.1. The molecule has 0 fully saturated rings. The van der Waals surface area contributed by atoms with Gasteiger partial charge >= 0.3 is 0 Å². The first-order valence-electron chi connectivity index (χ1n) is 4.95. The Morgan fingerprint density at radius 2 is 2.20 bits per heavy atom. The molecule has 1 aromatic rings. The lowest BCUT2D eigenvalue weighted by Gasteiger charge is -2.18. The van der Waals surface area contributed by atoms with Gasteiger partial charge in [0.2, 0.25) is 0 Å². The molecule has 1 aromatic heterocycles. The number of methoxy groups -OCH3 is 1. The second-order valence-electron chi connectivity index (χ2n) is 3.21. The van der Waals surface area contributed by atoms with Gasteiger partial charge in [0, 0.05) is 20.2 Å². The summed E-state index contributed by atoms with van der Waals surface area (Å²) in [6, 6.07) is 3.65. The lowest BCUT2D eigenvalue weighted by Crippen LogP contribution is -2.27. The van der Waals surface area contributed by atoms with Gasteiger partial charge in [-0.05, 0) is 18.7 Å². The Morgan fingerprint density at radius 3 is 2.73 bits per heavy atom. The molecule has 4 nitrogen and oxygen atoms in total. The molecule has 1 rings (SSSR count). The van der Waals surface area contributed by atoms with E-state index in [0.29, 0.717) is 5.15 Å². The molecule has 0 unspecified atom stereocenters. The van der Waals surface area contributed by atoms with Crippen LogP contribution in [-0.4, -0.2) is 41.9 Å². The van der Waals surface area contributed by atoms with Crippen LogP contribution < -0.4 is 0 Å². The summed E-state index contributed by atoms with van der Waals surface area (Å²) in [6.07, 6.45) is 0. The van der Waals surface area contributed by atoms with Crippen molar-refractivity contribution >= 4 is 11.6 Å². The Bertz CT molecular complexity index is 279. The average molecular weight is 230 g/mol. The summed E-state index contributed by atoms with van der Waals surface area (Å²) < 4.78 is 5.03. The highest BCUT2D eigenvalue weighted by Gasteiger charge is 2.04. The lowest BCUT2D eigenvalue weighted by atomic mass is 10.3. The van der Waals surface area contributed by atoms with Crippen molar-refractivity contribution in [3.63, 3.8) is 0 Å². The van der Waals surface area contributed by atoms with Gasteiger partial charge in [-0.1, -0.05) is 18.5 Å². The second-order valence-corrected chi connectivity index (χ2v) is 3.60. The highest BCUT2D eigenvalue weighted by molar-refractivity contribution is 6.29. The van der Waals surface area contributed by atoms with Crippen molar-refractivity contribution < 1.29 is 4.74 Å². The van der Waals surface area contributed by atoms with Gasteiger partial charge in [-0.25, -0.2) is 0 Å². The van der Waals surface area contributed by atoms with Crippen LogP contribution in [0.2, 0.25) is 5.15 Å². The summed E-state index contributed by atoms with van der Waals surface area (Å²) >= 11 is 5.66. The monoisotopic (exact) mass is 229 g/mol. The highest BCUT2D eigenvalue weighted by Crippen LogP contribution is 2.04. The number of hydrogen-bond acceptors (Lipinski definition) is 4. The molecule has 0 saturated carbocycles. The van der Waals surface area contributed by atoms with Crippen molar-refractivity contribution in [2.24, 2.45) is 0 Å². The summed E-state index contributed by atoms with van der Waals surface area (Å²) in [5.74, 6) is 0. The van der Waals surface area contributed by atoms with Crippen LogP contribution in [-0.2, 0) is 11.3 Å². The quantitative estimate of drug-likeness (QED) is 0.743. The van der Waals surface area contributed by atoms with Crippen LogP contribution in [0, 0.1) is 0 Å². The molecule has 0 amide bonds. The molecular weight excluding hydrogens is 214 g/mol. The maximum absolute atomic E-state index is 5.66. The third kappa shape index (κ3) is 4.55. The number of ether oxygens (including phenoxy) is 1. The number of rotatable bonds is 6. The van der Waals surface area contributed by atoms with E-state index >= 15 is 0 Å². The van der Waals surface area contributed by atoms with Crippen molar-refractivity contribution in [2.75, 3.05) is 26.8 Å². The molecule has 0 spiro atoms. The molecule has 0 radical (unpaired) electrons. The molecule has 0 saturated heterocycles. The van der Waals surface area contributed by atoms with Crippen LogP contribution >= 0.6 is 11.6 Å². The SMILES string of the molecule is CCN(CCOC)Cc1ccc(Cl)nn1. The van der Waals surface area contributed by atoms with Crippen LogP contribution in [0.25, 0.3) is 0 Å². The van der Waals surface area contributed by atoms with E-state index in [-0.39, 0.29) is 0 Å². The van der Waals surface area contributed by atoms with E-state index in [0.717, 1.165) is 31.9 Å². The van der Waals surface area contributed by atoms with Crippen molar-refractivity contribution in [3.05, 3.63) is 23.0 Å². The van der Waals surface area contributed by atoms with E-state index in [1.807, 2.05) is 6.07 Å². The first-order valence-corrected chi connectivity index (χ1v) is 5.33. The number of likely N-dealkylation sites (N-methyl/N-ethyl adjacent to an activating group) is 1. The molecule has 0 aliphatic carbocycles. The van der Waals surface area contributed by atoms with Crippen molar-refractivity contribution in [1.82, 2.24) is 15.1 Å². The smallest absolute Gasteiger partial charge is 0.151 e. The molecule has 84 valence electrons. The summed E-state index contributed by atoms with van der Waals surface area (Å²) in [5.41, 5.74) is 0.928. The summed E-state index contributed by atoms with van der Waals surface area (Å²) in [6.45, 7) is 5.49. The minimum atomic E-state index is 0.429.